The van der Waals surface area contributed by atoms with Crippen molar-refractivity contribution in [2.45, 2.75) is 6.42 Å². The molecule has 0 radical (unpaired) electrons. The first kappa shape index (κ1) is 16.5. The van der Waals surface area contributed by atoms with Gasteiger partial charge in [-0.25, -0.2) is 9.18 Å². The number of hydrogen-bond donors (Lipinski definition) is 2. The second-order valence-electron chi connectivity index (χ2n) is 4.78. The summed E-state index contributed by atoms with van der Waals surface area (Å²) in [5.41, 5.74) is 0.723. The molecule has 0 heterocycles. The average molecular weight is 316 g/mol. The fraction of sp³-hybridized carbons (Fsp3) is 0.176. The summed E-state index contributed by atoms with van der Waals surface area (Å²) in [6, 6.07) is 14.4. The van der Waals surface area contributed by atoms with E-state index in [0.29, 0.717) is 5.75 Å². The van der Waals surface area contributed by atoms with E-state index in [1.165, 1.54) is 12.1 Å². The maximum absolute atomic E-state index is 12.8. The smallest absolute Gasteiger partial charge is 0.410 e. The lowest BCUT2D eigenvalue weighted by Gasteiger charge is -2.08. The SMILES string of the molecule is O=C(Cc1ccc(F)cc1)NCCNC(=O)Oc1ccccc1. The van der Waals surface area contributed by atoms with Gasteiger partial charge in [-0.1, -0.05) is 30.3 Å². The van der Waals surface area contributed by atoms with Crippen LogP contribution in [0.5, 0.6) is 5.75 Å². The molecule has 23 heavy (non-hydrogen) atoms. The van der Waals surface area contributed by atoms with Gasteiger partial charge in [-0.15, -0.1) is 0 Å². The Kier molecular flexibility index (Phi) is 6.11. The molecular formula is C17H17FN2O3. The van der Waals surface area contributed by atoms with Gasteiger partial charge in [-0.05, 0) is 29.8 Å². The molecule has 0 unspecified atom stereocenters. The third-order valence-electron chi connectivity index (χ3n) is 2.95. The van der Waals surface area contributed by atoms with Crippen molar-refractivity contribution in [3.8, 4) is 5.75 Å². The molecule has 0 fully saturated rings. The number of benzene rings is 2. The molecule has 0 spiro atoms. The monoisotopic (exact) mass is 316 g/mol. The number of hydrogen-bond acceptors (Lipinski definition) is 3. The average Bonchev–Trinajstić information content (AvgIpc) is 2.55. The molecule has 2 aromatic rings. The molecule has 2 aromatic carbocycles. The summed E-state index contributed by atoms with van der Waals surface area (Å²) in [5.74, 6) is -0.0875. The minimum absolute atomic E-state index is 0.161. The molecule has 2 amide bonds. The Hall–Kier alpha value is -2.89. The summed E-state index contributed by atoms with van der Waals surface area (Å²) >= 11 is 0. The summed E-state index contributed by atoms with van der Waals surface area (Å²) < 4.78 is 17.8. The van der Waals surface area contributed by atoms with E-state index in [1.807, 2.05) is 6.07 Å². The van der Waals surface area contributed by atoms with Crippen LogP contribution in [0.4, 0.5) is 9.18 Å². The van der Waals surface area contributed by atoms with Crippen molar-refractivity contribution < 1.29 is 18.7 Å². The van der Waals surface area contributed by atoms with E-state index in [2.05, 4.69) is 10.6 Å². The van der Waals surface area contributed by atoms with E-state index >= 15 is 0 Å². The second-order valence-corrected chi connectivity index (χ2v) is 4.78. The van der Waals surface area contributed by atoms with Crippen molar-refractivity contribution in [2.24, 2.45) is 0 Å². The number of rotatable bonds is 6. The van der Waals surface area contributed by atoms with E-state index in [4.69, 9.17) is 4.74 Å². The van der Waals surface area contributed by atoms with Crippen LogP contribution < -0.4 is 15.4 Å². The summed E-state index contributed by atoms with van der Waals surface area (Å²) in [7, 11) is 0. The van der Waals surface area contributed by atoms with Gasteiger partial charge in [0.15, 0.2) is 0 Å². The van der Waals surface area contributed by atoms with Crippen LogP contribution in [0.1, 0.15) is 5.56 Å². The zero-order valence-electron chi connectivity index (χ0n) is 12.4. The number of carbonyl (C=O) groups is 2. The predicted molar refractivity (Wildman–Crippen MR) is 83.6 cm³/mol. The highest BCUT2D eigenvalue weighted by Crippen LogP contribution is 2.07. The van der Waals surface area contributed by atoms with Crippen LogP contribution in [-0.2, 0) is 11.2 Å². The van der Waals surface area contributed by atoms with Crippen LogP contribution in [0.25, 0.3) is 0 Å². The first-order valence-electron chi connectivity index (χ1n) is 7.15. The molecule has 0 aromatic heterocycles. The maximum atomic E-state index is 12.8. The van der Waals surface area contributed by atoms with Crippen molar-refractivity contribution in [3.63, 3.8) is 0 Å². The van der Waals surface area contributed by atoms with Crippen LogP contribution in [0, 0.1) is 5.82 Å². The first-order valence-corrected chi connectivity index (χ1v) is 7.15. The fourth-order valence-corrected chi connectivity index (χ4v) is 1.85. The van der Waals surface area contributed by atoms with Gasteiger partial charge in [0.1, 0.15) is 11.6 Å². The van der Waals surface area contributed by atoms with E-state index in [-0.39, 0.29) is 31.2 Å². The Morgan fingerprint density at radius 2 is 1.57 bits per heavy atom. The summed E-state index contributed by atoms with van der Waals surface area (Å²) in [6.07, 6.45) is -0.418. The molecular weight excluding hydrogens is 299 g/mol. The van der Waals surface area contributed by atoms with Gasteiger partial charge in [0.05, 0.1) is 6.42 Å². The highest BCUT2D eigenvalue weighted by molar-refractivity contribution is 5.78. The van der Waals surface area contributed by atoms with Crippen LogP contribution in [0.15, 0.2) is 54.6 Å². The molecule has 0 bridgehead atoms. The zero-order chi connectivity index (χ0) is 16.5. The van der Waals surface area contributed by atoms with Gasteiger partial charge in [-0.2, -0.15) is 0 Å². The number of amides is 2. The van der Waals surface area contributed by atoms with Gasteiger partial charge in [0.2, 0.25) is 5.91 Å². The highest BCUT2D eigenvalue weighted by Gasteiger charge is 2.05. The molecule has 0 aliphatic heterocycles. The van der Waals surface area contributed by atoms with Crippen LogP contribution >= 0.6 is 0 Å². The highest BCUT2D eigenvalue weighted by atomic mass is 19.1. The summed E-state index contributed by atoms with van der Waals surface area (Å²) in [4.78, 5) is 23.2. The lowest BCUT2D eigenvalue weighted by Crippen LogP contribution is -2.36. The molecule has 5 nitrogen and oxygen atoms in total. The Bertz CT molecular complexity index is 645. The topological polar surface area (TPSA) is 67.4 Å². The normalized spacial score (nSPS) is 9.96. The lowest BCUT2D eigenvalue weighted by molar-refractivity contribution is -0.120. The Morgan fingerprint density at radius 1 is 0.913 bits per heavy atom. The van der Waals surface area contributed by atoms with Gasteiger partial charge >= 0.3 is 6.09 Å². The first-order chi connectivity index (χ1) is 11.1. The number of carbonyl (C=O) groups excluding carboxylic acids is 2. The molecule has 0 aliphatic rings. The van der Waals surface area contributed by atoms with Gasteiger partial charge in [0, 0.05) is 13.1 Å². The van der Waals surface area contributed by atoms with Crippen molar-refractivity contribution in [2.75, 3.05) is 13.1 Å². The van der Waals surface area contributed by atoms with E-state index in [1.54, 1.807) is 36.4 Å². The van der Waals surface area contributed by atoms with Crippen molar-refractivity contribution in [1.82, 2.24) is 10.6 Å². The number of nitrogens with one attached hydrogen (secondary N) is 2. The molecule has 0 saturated carbocycles. The van der Waals surface area contributed by atoms with Crippen LogP contribution in [0.3, 0.4) is 0 Å². The molecule has 2 N–H and O–H groups in total. The van der Waals surface area contributed by atoms with Crippen molar-refractivity contribution in [1.29, 1.82) is 0 Å². The van der Waals surface area contributed by atoms with Gasteiger partial charge in [-0.3, -0.25) is 4.79 Å². The van der Waals surface area contributed by atoms with Crippen LogP contribution in [-0.4, -0.2) is 25.1 Å². The minimum atomic E-state index is -0.580. The summed E-state index contributed by atoms with van der Waals surface area (Å²) in [6.45, 7) is 0.532. The second kappa shape index (κ2) is 8.53. The minimum Gasteiger partial charge on any atom is -0.410 e. The Balaban J connectivity index is 1.62. The largest absolute Gasteiger partial charge is 0.412 e. The molecule has 120 valence electrons. The molecule has 6 heteroatoms. The zero-order valence-corrected chi connectivity index (χ0v) is 12.4. The van der Waals surface area contributed by atoms with Crippen LogP contribution in [0.2, 0.25) is 0 Å². The number of ether oxygens (including phenoxy) is 1. The lowest BCUT2D eigenvalue weighted by atomic mass is 10.1. The van der Waals surface area contributed by atoms with Gasteiger partial charge in [0.25, 0.3) is 0 Å². The van der Waals surface area contributed by atoms with E-state index < -0.39 is 6.09 Å². The van der Waals surface area contributed by atoms with E-state index in [0.717, 1.165) is 5.56 Å². The number of halogens is 1. The summed E-state index contributed by atoms with van der Waals surface area (Å²) in [5, 5.41) is 5.19. The third-order valence-corrected chi connectivity index (χ3v) is 2.95. The Labute approximate surface area is 133 Å². The molecule has 0 saturated heterocycles. The van der Waals surface area contributed by atoms with Crippen molar-refractivity contribution in [3.05, 3.63) is 66.0 Å². The standard InChI is InChI=1S/C17H17FN2O3/c18-14-8-6-13(7-9-14)12-16(21)19-10-11-20-17(22)23-15-4-2-1-3-5-15/h1-9H,10-12H2,(H,19,21)(H,20,22). The van der Waals surface area contributed by atoms with Crippen molar-refractivity contribution >= 4 is 12.0 Å². The van der Waals surface area contributed by atoms with E-state index in [9.17, 15) is 14.0 Å². The predicted octanol–water partition coefficient (Wildman–Crippen LogP) is 2.27. The fourth-order valence-electron chi connectivity index (χ4n) is 1.85. The van der Waals surface area contributed by atoms with Gasteiger partial charge < -0.3 is 15.4 Å². The molecule has 2 rings (SSSR count). The number of para-hydroxylation sites is 1. The Morgan fingerprint density at radius 3 is 2.26 bits per heavy atom. The molecule has 0 aliphatic carbocycles. The molecule has 0 atom stereocenters. The quantitative estimate of drug-likeness (QED) is 0.803. The third kappa shape index (κ3) is 6.17. The maximum Gasteiger partial charge on any atom is 0.412 e.